The average Bonchev–Trinajstić information content (AvgIpc) is 2.96. The van der Waals surface area contributed by atoms with Crippen LogP contribution in [-0.4, -0.2) is 16.0 Å². The minimum atomic E-state index is 0.317. The van der Waals surface area contributed by atoms with Crippen molar-refractivity contribution in [3.63, 3.8) is 0 Å². The van der Waals surface area contributed by atoms with Crippen molar-refractivity contribution in [1.29, 1.82) is 0 Å². The molecule has 1 aromatic heterocycles. The summed E-state index contributed by atoms with van der Waals surface area (Å²) in [6, 6.07) is 9.57. The van der Waals surface area contributed by atoms with E-state index in [2.05, 4.69) is 60.3 Å². The van der Waals surface area contributed by atoms with Crippen LogP contribution in [0.25, 0.3) is 0 Å². The first-order valence-electron chi connectivity index (χ1n) is 7.50. The second kappa shape index (κ2) is 7.25. The molecule has 0 amide bonds. The largest absolute Gasteiger partial charge is 0.347 e. The first-order chi connectivity index (χ1) is 9.69. The number of rotatable bonds is 7. The summed E-state index contributed by atoms with van der Waals surface area (Å²) in [5.74, 6) is 1.04. The molecule has 0 aliphatic heterocycles. The molecule has 2 aromatic rings. The first kappa shape index (κ1) is 14.8. The van der Waals surface area contributed by atoms with Crippen molar-refractivity contribution in [2.75, 3.05) is 0 Å². The maximum Gasteiger partial charge on any atom is 0.123 e. The lowest BCUT2D eigenvalue weighted by molar-refractivity contribution is 0.415. The maximum atomic E-state index is 4.35. The quantitative estimate of drug-likeness (QED) is 0.804. The summed E-state index contributed by atoms with van der Waals surface area (Å²) >= 11 is 0. The van der Waals surface area contributed by atoms with Crippen LogP contribution >= 0.6 is 0 Å². The lowest BCUT2D eigenvalue weighted by atomic mass is 10.0. The molecule has 3 heteroatoms. The summed E-state index contributed by atoms with van der Waals surface area (Å²) in [6.45, 7) is 6.59. The molecule has 0 aliphatic rings. The zero-order valence-electron chi connectivity index (χ0n) is 12.7. The average molecular weight is 271 g/mol. The second-order valence-corrected chi connectivity index (χ2v) is 5.53. The molecule has 2 unspecified atom stereocenters. The molecule has 0 radical (unpaired) electrons. The van der Waals surface area contributed by atoms with Crippen molar-refractivity contribution in [2.45, 2.75) is 52.1 Å². The van der Waals surface area contributed by atoms with Gasteiger partial charge in [0.15, 0.2) is 0 Å². The van der Waals surface area contributed by atoms with Crippen LogP contribution in [0.1, 0.15) is 49.7 Å². The molecule has 2 rings (SSSR count). The molecular formula is C17H25N3. The summed E-state index contributed by atoms with van der Waals surface area (Å²) in [5.41, 5.74) is 2.76. The van der Waals surface area contributed by atoms with Crippen LogP contribution in [-0.2, 0) is 6.42 Å². The van der Waals surface area contributed by atoms with Crippen LogP contribution in [0.5, 0.6) is 0 Å². The number of aryl methyl sites for hydroxylation is 2. The van der Waals surface area contributed by atoms with E-state index in [4.69, 9.17) is 0 Å². The number of hydrogen-bond acceptors (Lipinski definition) is 2. The van der Waals surface area contributed by atoms with E-state index < -0.39 is 0 Å². The molecule has 1 aromatic carbocycles. The number of benzene rings is 1. The van der Waals surface area contributed by atoms with Crippen LogP contribution in [0.15, 0.2) is 36.7 Å². The summed E-state index contributed by atoms with van der Waals surface area (Å²) < 4.78 is 0. The van der Waals surface area contributed by atoms with Crippen LogP contribution in [0.2, 0.25) is 0 Å². The van der Waals surface area contributed by atoms with Gasteiger partial charge in [0.25, 0.3) is 0 Å². The fourth-order valence-corrected chi connectivity index (χ4v) is 2.54. The third-order valence-electron chi connectivity index (χ3n) is 3.69. The van der Waals surface area contributed by atoms with Crippen molar-refractivity contribution in [3.05, 3.63) is 53.6 Å². The zero-order chi connectivity index (χ0) is 14.4. The molecule has 0 spiro atoms. The molecule has 3 nitrogen and oxygen atoms in total. The predicted molar refractivity (Wildman–Crippen MR) is 83.7 cm³/mol. The van der Waals surface area contributed by atoms with Gasteiger partial charge in [0.05, 0.1) is 6.04 Å². The number of nitrogens with one attached hydrogen (secondary N) is 2. The normalized spacial score (nSPS) is 14.2. The van der Waals surface area contributed by atoms with Gasteiger partial charge in [-0.3, -0.25) is 0 Å². The highest BCUT2D eigenvalue weighted by molar-refractivity contribution is 5.22. The second-order valence-electron chi connectivity index (χ2n) is 5.53. The molecule has 2 N–H and O–H groups in total. The summed E-state index contributed by atoms with van der Waals surface area (Å²) in [6.07, 6.45) is 7.00. The van der Waals surface area contributed by atoms with Gasteiger partial charge in [-0.25, -0.2) is 4.98 Å². The highest BCUT2D eigenvalue weighted by Crippen LogP contribution is 2.14. The molecule has 1 heterocycles. The molecule has 0 aliphatic carbocycles. The minimum Gasteiger partial charge on any atom is -0.347 e. The molecule has 0 saturated carbocycles. The van der Waals surface area contributed by atoms with Gasteiger partial charge in [-0.15, -0.1) is 0 Å². The molecule has 2 atom stereocenters. The van der Waals surface area contributed by atoms with Crippen molar-refractivity contribution < 1.29 is 0 Å². The van der Waals surface area contributed by atoms with Crippen molar-refractivity contribution >= 4 is 0 Å². The van der Waals surface area contributed by atoms with Crippen LogP contribution in [0, 0.1) is 6.92 Å². The Balaban J connectivity index is 1.84. The Morgan fingerprint density at radius 1 is 1.35 bits per heavy atom. The zero-order valence-corrected chi connectivity index (χ0v) is 12.7. The highest BCUT2D eigenvalue weighted by Gasteiger charge is 2.14. The van der Waals surface area contributed by atoms with Gasteiger partial charge >= 0.3 is 0 Å². The smallest absolute Gasteiger partial charge is 0.123 e. The summed E-state index contributed by atoms with van der Waals surface area (Å²) in [5, 5.41) is 3.66. The SMILES string of the molecule is CCC(NC(C)CCc1cccc(C)c1)c1ncc[nH]1. The third-order valence-corrected chi connectivity index (χ3v) is 3.69. The Morgan fingerprint density at radius 3 is 2.85 bits per heavy atom. The van der Waals surface area contributed by atoms with Gasteiger partial charge < -0.3 is 10.3 Å². The van der Waals surface area contributed by atoms with Crippen LogP contribution < -0.4 is 5.32 Å². The van der Waals surface area contributed by atoms with Gasteiger partial charge in [0.2, 0.25) is 0 Å². The van der Waals surface area contributed by atoms with Gasteiger partial charge in [-0.2, -0.15) is 0 Å². The Morgan fingerprint density at radius 2 is 2.20 bits per heavy atom. The lowest BCUT2D eigenvalue weighted by Crippen LogP contribution is -2.31. The first-order valence-corrected chi connectivity index (χ1v) is 7.50. The standard InChI is InChI=1S/C17H25N3/c1-4-16(17-18-10-11-19-17)20-14(3)8-9-15-7-5-6-13(2)12-15/h5-7,10-12,14,16,20H,4,8-9H2,1-3H3,(H,18,19). The van der Waals surface area contributed by atoms with Crippen molar-refractivity contribution in [1.82, 2.24) is 15.3 Å². The van der Waals surface area contributed by atoms with Gasteiger partial charge in [0, 0.05) is 18.4 Å². The maximum absolute atomic E-state index is 4.35. The number of imidazole rings is 1. The van der Waals surface area contributed by atoms with Gasteiger partial charge in [0.1, 0.15) is 5.82 Å². The Hall–Kier alpha value is -1.61. The van der Waals surface area contributed by atoms with E-state index in [0.717, 1.165) is 25.1 Å². The minimum absolute atomic E-state index is 0.317. The Labute approximate surface area is 121 Å². The van der Waals surface area contributed by atoms with Crippen LogP contribution in [0.3, 0.4) is 0 Å². The Bertz CT molecular complexity index is 505. The van der Waals surface area contributed by atoms with E-state index in [0.29, 0.717) is 12.1 Å². The number of hydrogen-bond donors (Lipinski definition) is 2. The van der Waals surface area contributed by atoms with Crippen LogP contribution in [0.4, 0.5) is 0 Å². The lowest BCUT2D eigenvalue weighted by Gasteiger charge is -2.20. The van der Waals surface area contributed by atoms with Gasteiger partial charge in [-0.1, -0.05) is 36.8 Å². The number of nitrogens with zero attached hydrogens (tertiary/aromatic N) is 1. The predicted octanol–water partition coefficient (Wildman–Crippen LogP) is 3.78. The molecule has 108 valence electrons. The van der Waals surface area contributed by atoms with E-state index in [1.165, 1.54) is 11.1 Å². The van der Waals surface area contributed by atoms with Gasteiger partial charge in [-0.05, 0) is 38.7 Å². The molecule has 0 fully saturated rings. The fraction of sp³-hybridized carbons (Fsp3) is 0.471. The summed E-state index contributed by atoms with van der Waals surface area (Å²) in [7, 11) is 0. The van der Waals surface area contributed by atoms with E-state index >= 15 is 0 Å². The third kappa shape index (κ3) is 4.20. The van der Waals surface area contributed by atoms with E-state index in [1.54, 1.807) is 0 Å². The molecule has 0 saturated heterocycles. The fourth-order valence-electron chi connectivity index (χ4n) is 2.54. The van der Waals surface area contributed by atoms with Crippen molar-refractivity contribution in [3.8, 4) is 0 Å². The van der Waals surface area contributed by atoms with E-state index in [9.17, 15) is 0 Å². The molecular weight excluding hydrogens is 246 g/mol. The molecule has 20 heavy (non-hydrogen) atoms. The summed E-state index contributed by atoms with van der Waals surface area (Å²) in [4.78, 5) is 7.55. The van der Waals surface area contributed by atoms with E-state index in [1.807, 2.05) is 12.4 Å². The Kier molecular flexibility index (Phi) is 5.36. The van der Waals surface area contributed by atoms with E-state index in [-0.39, 0.29) is 0 Å². The molecule has 0 bridgehead atoms. The number of aromatic amines is 1. The number of aromatic nitrogens is 2. The van der Waals surface area contributed by atoms with Crippen molar-refractivity contribution in [2.24, 2.45) is 0 Å². The number of H-pyrrole nitrogens is 1. The topological polar surface area (TPSA) is 40.7 Å². The monoisotopic (exact) mass is 271 g/mol. The highest BCUT2D eigenvalue weighted by atomic mass is 15.0.